The van der Waals surface area contributed by atoms with Gasteiger partial charge in [0.2, 0.25) is 0 Å². The van der Waals surface area contributed by atoms with Crippen LogP contribution in [0.4, 0.5) is 4.79 Å². The molecule has 0 radical (unpaired) electrons. The van der Waals surface area contributed by atoms with E-state index in [1.165, 1.54) is 23.3 Å². The second-order valence-corrected chi connectivity index (χ2v) is 13.9. The van der Waals surface area contributed by atoms with Crippen LogP contribution in [0.3, 0.4) is 0 Å². The number of esters is 4. The van der Waals surface area contributed by atoms with Crippen LogP contribution in [0.1, 0.15) is 109 Å². The van der Waals surface area contributed by atoms with Crippen LogP contribution in [0.15, 0.2) is 18.7 Å². The van der Waals surface area contributed by atoms with Crippen molar-refractivity contribution in [3.05, 3.63) is 18.7 Å². The Kier molecular flexibility index (Phi) is 15.1. The van der Waals surface area contributed by atoms with E-state index in [0.717, 1.165) is 0 Å². The minimum absolute atomic E-state index is 0.0224. The van der Waals surface area contributed by atoms with Crippen LogP contribution in [-0.4, -0.2) is 73.9 Å². The fourth-order valence-corrected chi connectivity index (χ4v) is 3.04. The first kappa shape index (κ1) is 39.5. The third-order valence-corrected chi connectivity index (χ3v) is 4.57. The Morgan fingerprint density at radius 2 is 1.12 bits per heavy atom. The quantitative estimate of drug-likeness (QED) is 0.304. The SMILES string of the molecule is CC(C)(C)OC(=O)CC[C@H](N)C(=O)OC(C)(C)C.CC(C)(C)OC(=O)CC[C@H](NC(=O)n1ccnc1)C(=O)OC(C)(C)C. The van der Waals surface area contributed by atoms with Crippen molar-refractivity contribution in [1.82, 2.24) is 14.9 Å². The fraction of sp³-hybridized carbons (Fsp3) is 0.733. The molecule has 0 aromatic carbocycles. The summed E-state index contributed by atoms with van der Waals surface area (Å²) in [4.78, 5) is 63.2. The predicted octanol–water partition coefficient (Wildman–Crippen LogP) is 4.05. The largest absolute Gasteiger partial charge is 0.460 e. The monoisotopic (exact) mass is 612 g/mol. The van der Waals surface area contributed by atoms with E-state index in [1.807, 2.05) is 0 Å². The number of aromatic nitrogens is 2. The number of hydrogen-bond acceptors (Lipinski definition) is 11. The van der Waals surface area contributed by atoms with Crippen molar-refractivity contribution in [2.75, 3.05) is 0 Å². The normalized spacial score (nSPS) is 13.4. The smallest absolute Gasteiger partial charge is 0.329 e. The molecular weight excluding hydrogens is 560 g/mol. The Morgan fingerprint density at radius 1 is 0.698 bits per heavy atom. The molecule has 13 nitrogen and oxygen atoms in total. The van der Waals surface area contributed by atoms with Gasteiger partial charge in [0.1, 0.15) is 40.8 Å². The molecule has 0 spiro atoms. The highest BCUT2D eigenvalue weighted by atomic mass is 16.6. The maximum atomic E-state index is 12.3. The fourth-order valence-electron chi connectivity index (χ4n) is 3.04. The molecule has 0 aliphatic heterocycles. The summed E-state index contributed by atoms with van der Waals surface area (Å²) in [6.07, 6.45) is 4.60. The van der Waals surface area contributed by atoms with E-state index in [2.05, 4.69) is 10.3 Å². The molecule has 43 heavy (non-hydrogen) atoms. The third kappa shape index (κ3) is 21.0. The number of carbonyl (C=O) groups excluding carboxylic acids is 5. The van der Waals surface area contributed by atoms with Gasteiger partial charge in [0.15, 0.2) is 0 Å². The molecule has 0 unspecified atom stereocenters. The van der Waals surface area contributed by atoms with Crippen LogP contribution in [0.25, 0.3) is 0 Å². The number of imidazole rings is 1. The molecule has 0 aliphatic carbocycles. The molecular formula is C30H52N4O9. The van der Waals surface area contributed by atoms with Crippen molar-refractivity contribution < 1.29 is 42.9 Å². The zero-order chi connectivity index (χ0) is 33.8. The Balaban J connectivity index is 0.000000869. The summed E-state index contributed by atoms with van der Waals surface area (Å²) in [6, 6.07) is -2.30. The molecule has 1 amide bonds. The molecule has 0 aliphatic rings. The van der Waals surface area contributed by atoms with Crippen molar-refractivity contribution in [1.29, 1.82) is 0 Å². The van der Waals surface area contributed by atoms with E-state index < -0.39 is 58.4 Å². The lowest BCUT2D eigenvalue weighted by atomic mass is 10.1. The molecule has 0 fully saturated rings. The van der Waals surface area contributed by atoms with Crippen LogP contribution in [-0.2, 0) is 38.1 Å². The lowest BCUT2D eigenvalue weighted by Crippen LogP contribution is -2.45. The van der Waals surface area contributed by atoms with E-state index >= 15 is 0 Å². The zero-order valence-corrected chi connectivity index (χ0v) is 27.9. The predicted molar refractivity (Wildman–Crippen MR) is 160 cm³/mol. The molecule has 1 aromatic heterocycles. The summed E-state index contributed by atoms with van der Waals surface area (Å²) in [5.74, 6) is -1.91. The number of hydrogen-bond donors (Lipinski definition) is 2. The van der Waals surface area contributed by atoms with Crippen LogP contribution in [0.2, 0.25) is 0 Å². The summed E-state index contributed by atoms with van der Waals surface area (Å²) in [6.45, 7) is 21.2. The van der Waals surface area contributed by atoms with Gasteiger partial charge in [-0.2, -0.15) is 0 Å². The molecule has 0 bridgehead atoms. The van der Waals surface area contributed by atoms with Gasteiger partial charge >= 0.3 is 29.9 Å². The molecule has 2 atom stereocenters. The number of amides is 1. The van der Waals surface area contributed by atoms with Crippen molar-refractivity contribution in [3.8, 4) is 0 Å². The van der Waals surface area contributed by atoms with Gasteiger partial charge in [-0.1, -0.05) is 0 Å². The maximum absolute atomic E-state index is 12.3. The van der Waals surface area contributed by atoms with Gasteiger partial charge in [0.05, 0.1) is 0 Å². The summed E-state index contributed by atoms with van der Waals surface area (Å²) >= 11 is 0. The standard InChI is InChI=1S/C17H27N3O5.C13H25NO4/c1-16(2,3)24-13(21)8-7-12(14(22)25-17(4,5)6)19-15(23)20-10-9-18-11-20;1-12(2,3)17-10(15)8-7-9(14)11(16)18-13(4,5)6/h9-12H,7-8H2,1-6H3,(H,19,23);9H,7-8,14H2,1-6H3/t12-;9-/m00/s1. The van der Waals surface area contributed by atoms with Crippen molar-refractivity contribution in [2.45, 2.75) is 143 Å². The number of nitrogens with two attached hydrogens (primary N) is 1. The van der Waals surface area contributed by atoms with Crippen molar-refractivity contribution >= 4 is 29.9 Å². The Morgan fingerprint density at radius 3 is 1.51 bits per heavy atom. The molecule has 0 saturated heterocycles. The van der Waals surface area contributed by atoms with Gasteiger partial charge in [-0.25, -0.2) is 14.6 Å². The van der Waals surface area contributed by atoms with Crippen LogP contribution < -0.4 is 11.1 Å². The molecule has 13 heteroatoms. The Bertz CT molecular complexity index is 1060. The second-order valence-electron chi connectivity index (χ2n) is 13.9. The summed E-state index contributed by atoms with van der Waals surface area (Å²) < 4.78 is 22.0. The number of ether oxygens (including phenoxy) is 4. The van der Waals surface area contributed by atoms with E-state index in [1.54, 1.807) is 83.1 Å². The first-order valence-corrected chi connectivity index (χ1v) is 14.2. The Labute approximate surface area is 255 Å². The third-order valence-electron chi connectivity index (χ3n) is 4.57. The highest BCUT2D eigenvalue weighted by Gasteiger charge is 2.29. The topological polar surface area (TPSA) is 178 Å². The number of nitrogens with one attached hydrogen (secondary N) is 1. The molecule has 3 N–H and O–H groups in total. The Hall–Kier alpha value is -3.48. The first-order chi connectivity index (χ1) is 19.3. The molecule has 1 rings (SSSR count). The van der Waals surface area contributed by atoms with Gasteiger partial charge < -0.3 is 30.0 Å². The van der Waals surface area contributed by atoms with Crippen LogP contribution in [0, 0.1) is 0 Å². The minimum Gasteiger partial charge on any atom is -0.460 e. The van der Waals surface area contributed by atoms with Crippen LogP contribution in [0.5, 0.6) is 0 Å². The average Bonchev–Trinajstić information content (AvgIpc) is 3.31. The highest BCUT2D eigenvalue weighted by Crippen LogP contribution is 2.14. The van der Waals surface area contributed by atoms with E-state index in [9.17, 15) is 24.0 Å². The molecule has 246 valence electrons. The van der Waals surface area contributed by atoms with E-state index in [0.29, 0.717) is 0 Å². The molecule has 1 aromatic rings. The molecule has 0 saturated carbocycles. The summed E-state index contributed by atoms with van der Waals surface area (Å²) in [5, 5.41) is 2.56. The van der Waals surface area contributed by atoms with E-state index in [-0.39, 0.29) is 31.7 Å². The van der Waals surface area contributed by atoms with Gasteiger partial charge in [0.25, 0.3) is 0 Å². The minimum atomic E-state index is -0.971. The number of rotatable bonds is 9. The lowest BCUT2D eigenvalue weighted by molar-refractivity contribution is -0.160. The van der Waals surface area contributed by atoms with Gasteiger partial charge in [0, 0.05) is 25.2 Å². The lowest BCUT2D eigenvalue weighted by Gasteiger charge is -2.25. The molecule has 1 heterocycles. The van der Waals surface area contributed by atoms with Gasteiger partial charge in [-0.05, 0) is 95.9 Å². The van der Waals surface area contributed by atoms with E-state index in [4.69, 9.17) is 24.7 Å². The average molecular weight is 613 g/mol. The first-order valence-electron chi connectivity index (χ1n) is 14.2. The van der Waals surface area contributed by atoms with Crippen molar-refractivity contribution in [3.63, 3.8) is 0 Å². The van der Waals surface area contributed by atoms with Crippen LogP contribution >= 0.6 is 0 Å². The zero-order valence-electron chi connectivity index (χ0n) is 27.9. The summed E-state index contributed by atoms with van der Waals surface area (Å²) in [7, 11) is 0. The highest BCUT2D eigenvalue weighted by molar-refractivity contribution is 5.85. The van der Waals surface area contributed by atoms with Gasteiger partial charge in [-0.3, -0.25) is 19.0 Å². The number of nitrogens with zero attached hydrogens (tertiary/aromatic N) is 2. The number of carbonyl (C=O) groups is 5. The van der Waals surface area contributed by atoms with Gasteiger partial charge in [-0.15, -0.1) is 0 Å². The van der Waals surface area contributed by atoms with Crippen molar-refractivity contribution in [2.24, 2.45) is 5.73 Å². The second kappa shape index (κ2) is 16.4. The summed E-state index contributed by atoms with van der Waals surface area (Å²) in [5.41, 5.74) is 3.24. The maximum Gasteiger partial charge on any atom is 0.329 e.